The Morgan fingerprint density at radius 1 is 0.923 bits per heavy atom. The lowest BCUT2D eigenvalue weighted by Gasteiger charge is -2.36. The van der Waals surface area contributed by atoms with E-state index in [-0.39, 0.29) is 12.3 Å². The number of nitrogens with zero attached hydrogens (tertiary/aromatic N) is 2. The molecule has 1 N–H and O–H groups in total. The van der Waals surface area contributed by atoms with E-state index in [1.165, 1.54) is 11.3 Å². The van der Waals surface area contributed by atoms with Crippen LogP contribution in [0.4, 0.5) is 5.13 Å². The highest BCUT2D eigenvalue weighted by molar-refractivity contribution is 7.14. The maximum atomic E-state index is 11.9. The molecule has 9 heteroatoms. The summed E-state index contributed by atoms with van der Waals surface area (Å²) in [4.78, 5) is 33.1. The molecule has 4 rings (SSSR count). The van der Waals surface area contributed by atoms with Gasteiger partial charge in [-0.3, -0.25) is 0 Å². The van der Waals surface area contributed by atoms with Crippen molar-refractivity contribution >= 4 is 34.1 Å². The van der Waals surface area contributed by atoms with Crippen molar-refractivity contribution < 1.29 is 24.3 Å². The first-order valence-electron chi connectivity index (χ1n) is 12.5. The summed E-state index contributed by atoms with van der Waals surface area (Å²) in [6.45, 7) is 1.72. The quantitative estimate of drug-likeness (QED) is 0.0878. The third-order valence-corrected chi connectivity index (χ3v) is 6.71. The van der Waals surface area contributed by atoms with Crippen LogP contribution in [0.3, 0.4) is 0 Å². The summed E-state index contributed by atoms with van der Waals surface area (Å²) in [5, 5.41) is 21.1. The van der Waals surface area contributed by atoms with E-state index in [2.05, 4.69) is 15.5 Å². The topological polar surface area (TPSA) is 113 Å². The average Bonchev–Trinajstić information content (AvgIpc) is 3.43. The molecule has 1 heterocycles. The van der Waals surface area contributed by atoms with Crippen molar-refractivity contribution in [2.75, 3.05) is 18.5 Å². The second-order valence-corrected chi connectivity index (χ2v) is 9.44. The molecule has 0 aliphatic heterocycles. The van der Waals surface area contributed by atoms with Crippen molar-refractivity contribution in [3.05, 3.63) is 119 Å². The molecule has 0 saturated heterocycles. The maximum Gasteiger partial charge on any atom is 0.347 e. The number of oxime groups is 1. The Morgan fingerprint density at radius 3 is 1.95 bits per heavy atom. The molecule has 0 aliphatic carbocycles. The van der Waals surface area contributed by atoms with E-state index >= 15 is 0 Å². The molecular weight excluding hydrogens is 514 g/mol. The number of esters is 1. The fraction of sp³-hybridized carbons (Fsp3) is 0.200. The number of unbranched alkanes of at least 4 members (excludes halogenated alkanes) is 1. The Kier molecular flexibility index (Phi) is 9.42. The van der Waals surface area contributed by atoms with Crippen molar-refractivity contribution in [1.82, 2.24) is 4.98 Å². The molecule has 200 valence electrons. The lowest BCUT2D eigenvalue weighted by atomic mass is 9.77. The molecule has 0 aliphatic rings. The highest BCUT2D eigenvalue weighted by atomic mass is 32.1. The van der Waals surface area contributed by atoms with Crippen molar-refractivity contribution in [1.29, 1.82) is 0 Å². The zero-order chi connectivity index (χ0) is 27.5. The SMILES string of the molecule is CCCCOC(=O)CO/N=C(\C(=O)[O-])c1csc(NC(c2ccccc2)(c2ccccc2)c2ccccc2)n1. The van der Waals surface area contributed by atoms with Crippen LogP contribution in [-0.4, -0.2) is 35.8 Å². The smallest absolute Gasteiger partial charge is 0.347 e. The Hall–Kier alpha value is -4.50. The van der Waals surface area contributed by atoms with Gasteiger partial charge in [0.25, 0.3) is 0 Å². The number of carboxylic acids is 1. The summed E-state index contributed by atoms with van der Waals surface area (Å²) in [5.74, 6) is -2.21. The van der Waals surface area contributed by atoms with Gasteiger partial charge < -0.3 is 24.8 Å². The monoisotopic (exact) mass is 542 g/mol. The van der Waals surface area contributed by atoms with Crippen LogP contribution in [0.2, 0.25) is 0 Å². The number of carbonyl (C=O) groups is 2. The highest BCUT2D eigenvalue weighted by Gasteiger charge is 2.37. The van der Waals surface area contributed by atoms with Crippen LogP contribution < -0.4 is 10.4 Å². The minimum Gasteiger partial charge on any atom is -0.543 e. The van der Waals surface area contributed by atoms with Crippen molar-refractivity contribution in [2.45, 2.75) is 25.3 Å². The Morgan fingerprint density at radius 2 is 1.46 bits per heavy atom. The summed E-state index contributed by atoms with van der Waals surface area (Å²) in [5.41, 5.74) is 1.60. The standard InChI is InChI=1S/C30H29N3O5S/c1-2-3-19-37-26(34)20-38-33-27(28(35)36)25-21-39-29(31-25)32-30(22-13-7-4-8-14-22,23-15-9-5-10-16-23)24-17-11-6-12-18-24/h4-18,21H,2-3,19-20H2,1H3,(H,31,32)(H,35,36)/p-1/b33-27-. The van der Waals surface area contributed by atoms with E-state index in [1.54, 1.807) is 5.38 Å². The molecule has 1 aromatic heterocycles. The summed E-state index contributed by atoms with van der Waals surface area (Å²) < 4.78 is 5.00. The molecule has 0 radical (unpaired) electrons. The fourth-order valence-electron chi connectivity index (χ4n) is 4.09. The minimum atomic E-state index is -1.58. The minimum absolute atomic E-state index is 0.0462. The lowest BCUT2D eigenvalue weighted by molar-refractivity contribution is -0.294. The van der Waals surface area contributed by atoms with Gasteiger partial charge in [-0.1, -0.05) is 109 Å². The molecule has 0 fully saturated rings. The van der Waals surface area contributed by atoms with Crippen LogP contribution in [0.1, 0.15) is 42.1 Å². The number of hydrogen-bond acceptors (Lipinski definition) is 9. The fourth-order valence-corrected chi connectivity index (χ4v) is 4.84. The number of carboxylic acid groups (broad SMARTS) is 1. The predicted molar refractivity (Wildman–Crippen MR) is 148 cm³/mol. The van der Waals surface area contributed by atoms with Crippen LogP contribution in [-0.2, 0) is 24.7 Å². The number of aromatic nitrogens is 1. The second kappa shape index (κ2) is 13.3. The van der Waals surface area contributed by atoms with Crippen LogP contribution in [0.5, 0.6) is 0 Å². The number of aliphatic carboxylic acids is 1. The zero-order valence-corrected chi connectivity index (χ0v) is 22.2. The van der Waals surface area contributed by atoms with Crippen LogP contribution in [0, 0.1) is 0 Å². The Balaban J connectivity index is 1.67. The Labute approximate surface area is 230 Å². The molecular formula is C30H28N3O5S-. The molecule has 0 bridgehead atoms. The number of thiazole rings is 1. The summed E-state index contributed by atoms with van der Waals surface area (Å²) >= 11 is 1.22. The number of anilines is 1. The van der Waals surface area contributed by atoms with Gasteiger partial charge in [0.15, 0.2) is 10.8 Å². The number of hydrogen-bond donors (Lipinski definition) is 1. The third-order valence-electron chi connectivity index (χ3n) is 5.95. The van der Waals surface area contributed by atoms with Gasteiger partial charge in [0, 0.05) is 5.38 Å². The number of carbonyl (C=O) groups excluding carboxylic acids is 2. The van der Waals surface area contributed by atoms with Gasteiger partial charge in [-0.2, -0.15) is 0 Å². The number of nitrogens with one attached hydrogen (secondary N) is 1. The Bertz CT molecular complexity index is 1300. The van der Waals surface area contributed by atoms with Crippen LogP contribution in [0.25, 0.3) is 0 Å². The van der Waals surface area contributed by atoms with Crippen molar-refractivity contribution in [3.8, 4) is 0 Å². The van der Waals surface area contributed by atoms with Gasteiger partial charge in [0.1, 0.15) is 11.2 Å². The molecule has 0 saturated carbocycles. The first kappa shape index (κ1) is 27.5. The third kappa shape index (κ3) is 6.69. The second-order valence-electron chi connectivity index (χ2n) is 8.59. The first-order chi connectivity index (χ1) is 19.0. The maximum absolute atomic E-state index is 11.9. The largest absolute Gasteiger partial charge is 0.543 e. The molecule has 3 aromatic carbocycles. The first-order valence-corrected chi connectivity index (χ1v) is 13.4. The summed E-state index contributed by atoms with van der Waals surface area (Å²) in [6, 6.07) is 29.9. The van der Waals surface area contributed by atoms with Crippen LogP contribution in [0.15, 0.2) is 102 Å². The van der Waals surface area contributed by atoms with Crippen molar-refractivity contribution in [3.63, 3.8) is 0 Å². The summed E-state index contributed by atoms with van der Waals surface area (Å²) in [6.07, 6.45) is 1.60. The van der Waals surface area contributed by atoms with Gasteiger partial charge in [-0.25, -0.2) is 9.78 Å². The van der Waals surface area contributed by atoms with E-state index in [0.29, 0.717) is 5.13 Å². The molecule has 0 atom stereocenters. The molecule has 8 nitrogen and oxygen atoms in total. The van der Waals surface area contributed by atoms with Gasteiger partial charge in [-0.05, 0) is 23.1 Å². The molecule has 4 aromatic rings. The predicted octanol–water partition coefficient (Wildman–Crippen LogP) is 4.36. The van der Waals surface area contributed by atoms with E-state index < -0.39 is 29.8 Å². The van der Waals surface area contributed by atoms with Gasteiger partial charge >= 0.3 is 5.97 Å². The van der Waals surface area contributed by atoms with Crippen molar-refractivity contribution in [2.24, 2.45) is 5.16 Å². The van der Waals surface area contributed by atoms with E-state index in [9.17, 15) is 14.7 Å². The number of benzene rings is 3. The van der Waals surface area contributed by atoms with Gasteiger partial charge in [0.2, 0.25) is 6.61 Å². The average molecular weight is 543 g/mol. The zero-order valence-electron chi connectivity index (χ0n) is 21.4. The lowest BCUT2D eigenvalue weighted by Crippen LogP contribution is -2.38. The van der Waals surface area contributed by atoms with Gasteiger partial charge in [0.05, 0.1) is 12.6 Å². The highest BCUT2D eigenvalue weighted by Crippen LogP contribution is 2.40. The summed E-state index contributed by atoms with van der Waals surface area (Å²) in [7, 11) is 0. The van der Waals surface area contributed by atoms with Crippen LogP contribution >= 0.6 is 11.3 Å². The van der Waals surface area contributed by atoms with E-state index in [4.69, 9.17) is 9.57 Å². The number of rotatable bonds is 13. The molecule has 0 amide bonds. The van der Waals surface area contributed by atoms with E-state index in [1.807, 2.05) is 97.9 Å². The van der Waals surface area contributed by atoms with E-state index in [0.717, 1.165) is 29.5 Å². The normalized spacial score (nSPS) is 11.6. The molecule has 39 heavy (non-hydrogen) atoms. The molecule has 0 spiro atoms. The number of ether oxygens (including phenoxy) is 1. The molecule has 0 unspecified atom stereocenters. The van der Waals surface area contributed by atoms with Gasteiger partial charge in [-0.15, -0.1) is 11.3 Å².